The molecule has 5 rings (SSSR count). The first-order valence-corrected chi connectivity index (χ1v) is 15.2. The molecule has 232 valence electrons. The van der Waals surface area contributed by atoms with Gasteiger partial charge in [-0.05, 0) is 34.6 Å². The lowest BCUT2D eigenvalue weighted by molar-refractivity contribution is -0.150. The van der Waals surface area contributed by atoms with E-state index in [1.165, 1.54) is 46.6 Å². The van der Waals surface area contributed by atoms with Gasteiger partial charge < -0.3 is 25.9 Å². The van der Waals surface area contributed by atoms with Gasteiger partial charge in [0, 0.05) is 25.1 Å². The van der Waals surface area contributed by atoms with Crippen LogP contribution in [0.2, 0.25) is 0 Å². The second-order valence-electron chi connectivity index (χ2n) is 9.53. The predicted octanol–water partition coefficient (Wildman–Crippen LogP) is -0.134. The van der Waals surface area contributed by atoms with Crippen LogP contribution in [0.3, 0.4) is 0 Å². The monoisotopic (exact) mass is 645 g/mol. The van der Waals surface area contributed by atoms with Crippen molar-refractivity contribution in [1.29, 1.82) is 0 Å². The van der Waals surface area contributed by atoms with Crippen molar-refractivity contribution in [2.75, 3.05) is 28.3 Å². The molecule has 2 aliphatic rings. The molecule has 0 saturated carbocycles. The van der Waals surface area contributed by atoms with Crippen molar-refractivity contribution in [3.63, 3.8) is 0 Å². The number of hydrogen-bond donors (Lipinski definition) is 5. The number of carboxylic acids is 1. The number of amides is 4. The highest BCUT2D eigenvalue weighted by atomic mass is 32.2. The number of aliphatic carboxylic acids is 1. The Kier molecular flexibility index (Phi) is 8.90. The number of carbonyl (C=O) groups is 4. The van der Waals surface area contributed by atoms with Gasteiger partial charge in [-0.1, -0.05) is 18.7 Å². The van der Waals surface area contributed by atoms with Crippen LogP contribution in [0.15, 0.2) is 50.2 Å². The molecule has 2 unspecified atom stereocenters. The SMILES string of the molecule is CCCNc1ncc(N(C(N)=O)C(C(=O)NC2C(=O)N3C(C(=O)O)=C(CSc4nnnn4C)CS[C@@H]23)c2ccco2)c(=O)[nH]1. The van der Waals surface area contributed by atoms with E-state index in [1.807, 2.05) is 6.92 Å². The fraction of sp³-hybridized carbons (Fsp3) is 0.375. The van der Waals surface area contributed by atoms with Crippen LogP contribution in [-0.2, 0) is 21.4 Å². The summed E-state index contributed by atoms with van der Waals surface area (Å²) in [6.45, 7) is 2.46. The number of furan rings is 1. The van der Waals surface area contributed by atoms with Gasteiger partial charge in [0.2, 0.25) is 11.1 Å². The number of H-pyrrole nitrogens is 1. The zero-order valence-corrected chi connectivity index (χ0v) is 24.9. The maximum Gasteiger partial charge on any atom is 0.352 e. The number of nitrogens with zero attached hydrogens (tertiary/aromatic N) is 7. The third-order valence-corrected chi connectivity index (χ3v) is 9.08. The van der Waals surface area contributed by atoms with Gasteiger partial charge in [-0.2, -0.15) is 0 Å². The molecule has 0 bridgehead atoms. The van der Waals surface area contributed by atoms with Gasteiger partial charge in [0.15, 0.2) is 6.04 Å². The van der Waals surface area contributed by atoms with Gasteiger partial charge in [-0.3, -0.25) is 29.2 Å². The number of thioether (sulfide) groups is 2. The van der Waals surface area contributed by atoms with Gasteiger partial charge in [0.1, 0.15) is 28.6 Å². The zero-order valence-electron chi connectivity index (χ0n) is 23.3. The number of aromatic nitrogens is 6. The van der Waals surface area contributed by atoms with E-state index in [0.29, 0.717) is 17.3 Å². The number of carboxylic acid groups (broad SMARTS) is 1. The number of hydrogen-bond acceptors (Lipinski definition) is 13. The van der Waals surface area contributed by atoms with Crippen molar-refractivity contribution >= 4 is 59.0 Å². The standard InChI is InChI=1S/C24H27N11O7S2/c1-3-6-26-23-27-8-12(17(36)29-23)34(22(25)41)16(13-5-4-7-42-13)18(37)28-14-19(38)35-15(21(39)40)11(9-43-20(14)35)10-44-24-30-31-32-33(24)2/h4-5,7-8,14,16,20H,3,6,9-10H2,1-2H3,(H2,25,41)(H,28,37)(H,39,40)(H2,26,27,29,36)/t14?,16?,20-/m0/s1. The largest absolute Gasteiger partial charge is 0.477 e. The highest BCUT2D eigenvalue weighted by molar-refractivity contribution is 8.01. The van der Waals surface area contributed by atoms with Crippen LogP contribution in [0, 0.1) is 0 Å². The molecular formula is C24H27N11O7S2. The Balaban J connectivity index is 1.38. The number of β-lactam (4-membered cyclic amide) rings is 1. The molecule has 6 N–H and O–H groups in total. The van der Waals surface area contributed by atoms with E-state index in [2.05, 4.69) is 36.1 Å². The number of primary amides is 1. The Bertz CT molecular complexity index is 1670. The lowest BCUT2D eigenvalue weighted by Crippen LogP contribution is -2.71. The second kappa shape index (κ2) is 12.8. The molecule has 20 heteroatoms. The van der Waals surface area contributed by atoms with Gasteiger partial charge >= 0.3 is 12.0 Å². The minimum absolute atomic E-state index is 0.0440. The number of rotatable bonds is 12. The van der Waals surface area contributed by atoms with Crippen LogP contribution in [0.25, 0.3) is 0 Å². The maximum absolute atomic E-state index is 13.8. The molecule has 3 aromatic rings. The number of aromatic amines is 1. The van der Waals surface area contributed by atoms with Crippen molar-refractivity contribution in [3.8, 4) is 0 Å². The molecule has 0 spiro atoms. The summed E-state index contributed by atoms with van der Waals surface area (Å²) in [6, 6.07) is -1.01. The molecular weight excluding hydrogens is 618 g/mol. The zero-order chi connectivity index (χ0) is 31.5. The van der Waals surface area contributed by atoms with E-state index in [-0.39, 0.29) is 34.6 Å². The topological polar surface area (TPSA) is 248 Å². The highest BCUT2D eigenvalue weighted by Crippen LogP contribution is 2.42. The molecule has 3 aromatic heterocycles. The van der Waals surface area contributed by atoms with E-state index < -0.39 is 46.8 Å². The van der Waals surface area contributed by atoms with E-state index >= 15 is 0 Å². The van der Waals surface area contributed by atoms with Crippen LogP contribution >= 0.6 is 23.5 Å². The lowest BCUT2D eigenvalue weighted by atomic mass is 10.0. The first kappa shape index (κ1) is 30.6. The Labute approximate surface area is 256 Å². The molecule has 1 saturated heterocycles. The molecule has 0 aliphatic carbocycles. The van der Waals surface area contributed by atoms with E-state index in [0.717, 1.165) is 22.4 Å². The van der Waals surface area contributed by atoms with Crippen LogP contribution in [0.4, 0.5) is 16.4 Å². The number of urea groups is 1. The predicted molar refractivity (Wildman–Crippen MR) is 156 cm³/mol. The summed E-state index contributed by atoms with van der Waals surface area (Å²) in [5, 5.41) is 26.4. The van der Waals surface area contributed by atoms with Crippen molar-refractivity contribution in [2.24, 2.45) is 12.8 Å². The normalized spacial score (nSPS) is 18.3. The summed E-state index contributed by atoms with van der Waals surface area (Å²) in [7, 11) is 1.65. The second-order valence-corrected chi connectivity index (χ2v) is 11.6. The van der Waals surface area contributed by atoms with E-state index in [1.54, 1.807) is 7.05 Å². The Morgan fingerprint density at radius 1 is 1.36 bits per heavy atom. The smallest absolute Gasteiger partial charge is 0.352 e. The summed E-state index contributed by atoms with van der Waals surface area (Å²) in [6.07, 6.45) is 3.13. The first-order chi connectivity index (χ1) is 21.1. The average Bonchev–Trinajstić information content (AvgIpc) is 3.67. The van der Waals surface area contributed by atoms with Crippen molar-refractivity contribution in [3.05, 3.63) is 52.0 Å². The minimum Gasteiger partial charge on any atom is -0.477 e. The third kappa shape index (κ3) is 5.84. The van der Waals surface area contributed by atoms with Gasteiger partial charge in [-0.15, -0.1) is 16.9 Å². The van der Waals surface area contributed by atoms with Gasteiger partial charge in [-0.25, -0.2) is 19.3 Å². The van der Waals surface area contributed by atoms with E-state index in [9.17, 15) is 29.1 Å². The number of fused-ring (bicyclic) bond motifs is 1. The Morgan fingerprint density at radius 3 is 2.77 bits per heavy atom. The summed E-state index contributed by atoms with van der Waals surface area (Å²) in [5.74, 6) is -2.25. The maximum atomic E-state index is 13.8. The van der Waals surface area contributed by atoms with Crippen molar-refractivity contribution in [1.82, 2.24) is 40.4 Å². The van der Waals surface area contributed by atoms with Crippen molar-refractivity contribution < 1.29 is 28.7 Å². The number of anilines is 2. The highest BCUT2D eigenvalue weighted by Gasteiger charge is 2.55. The van der Waals surface area contributed by atoms with Crippen LogP contribution < -0.4 is 26.8 Å². The fourth-order valence-electron chi connectivity index (χ4n) is 4.62. The minimum atomic E-state index is -1.60. The van der Waals surface area contributed by atoms with Gasteiger partial charge in [0.25, 0.3) is 17.4 Å². The molecule has 0 radical (unpaired) electrons. The number of tetrazole rings is 1. The van der Waals surface area contributed by atoms with Gasteiger partial charge in [0.05, 0.1) is 12.5 Å². The molecule has 3 atom stereocenters. The van der Waals surface area contributed by atoms with Crippen LogP contribution in [0.1, 0.15) is 25.1 Å². The van der Waals surface area contributed by atoms with E-state index in [4.69, 9.17) is 10.2 Å². The van der Waals surface area contributed by atoms with Crippen molar-refractivity contribution in [2.45, 2.75) is 36.0 Å². The summed E-state index contributed by atoms with van der Waals surface area (Å²) in [4.78, 5) is 73.4. The Hall–Kier alpha value is -4.85. The molecule has 44 heavy (non-hydrogen) atoms. The average molecular weight is 646 g/mol. The Morgan fingerprint density at radius 2 is 2.16 bits per heavy atom. The lowest BCUT2D eigenvalue weighted by Gasteiger charge is -2.49. The van der Waals surface area contributed by atoms with Crippen LogP contribution in [-0.4, -0.2) is 93.5 Å². The molecule has 0 aromatic carbocycles. The summed E-state index contributed by atoms with van der Waals surface area (Å²) in [5.41, 5.74) is 4.88. The number of nitrogens with two attached hydrogens (primary N) is 1. The quantitative estimate of drug-likeness (QED) is 0.127. The summed E-state index contributed by atoms with van der Waals surface area (Å²) >= 11 is 2.49. The first-order valence-electron chi connectivity index (χ1n) is 13.1. The number of nitrogens with one attached hydrogen (secondary N) is 3. The summed E-state index contributed by atoms with van der Waals surface area (Å²) < 4.78 is 6.86. The van der Waals surface area contributed by atoms with Crippen LogP contribution in [0.5, 0.6) is 0 Å². The number of carbonyl (C=O) groups excluding carboxylic acids is 3. The molecule has 2 aliphatic heterocycles. The molecule has 18 nitrogen and oxygen atoms in total. The third-order valence-electron chi connectivity index (χ3n) is 6.64. The molecule has 4 amide bonds. The number of aryl methyl sites for hydroxylation is 1. The molecule has 1 fully saturated rings. The molecule has 5 heterocycles. The fourth-order valence-corrected chi connectivity index (χ4v) is 6.96.